The highest BCUT2D eigenvalue weighted by atomic mass is 16.1. The van der Waals surface area contributed by atoms with Crippen LogP contribution in [0.5, 0.6) is 0 Å². The molecule has 3 aromatic heterocycles. The molecule has 0 saturated carbocycles. The van der Waals surface area contributed by atoms with Crippen molar-refractivity contribution in [2.45, 2.75) is 13.8 Å². The molecule has 0 bridgehead atoms. The molecule has 23 heavy (non-hydrogen) atoms. The van der Waals surface area contributed by atoms with E-state index in [2.05, 4.69) is 25.7 Å². The molecule has 7 heteroatoms. The molecule has 0 aliphatic carbocycles. The zero-order chi connectivity index (χ0) is 16.2. The quantitative estimate of drug-likeness (QED) is 0.699. The molecule has 0 atom stereocenters. The largest absolute Gasteiger partial charge is 0.383 e. The molecule has 0 saturated heterocycles. The molecule has 7 nitrogen and oxygen atoms in total. The third-order valence-corrected chi connectivity index (χ3v) is 3.48. The molecule has 3 heterocycles. The highest BCUT2D eigenvalue weighted by molar-refractivity contribution is 5.99. The van der Waals surface area contributed by atoms with Crippen LogP contribution in [0.1, 0.15) is 21.5 Å². The Labute approximate surface area is 133 Å². The summed E-state index contributed by atoms with van der Waals surface area (Å²) < 4.78 is 1.61. The van der Waals surface area contributed by atoms with E-state index in [0.29, 0.717) is 24.3 Å². The van der Waals surface area contributed by atoms with Gasteiger partial charge in [0.1, 0.15) is 5.56 Å². The number of pyridine rings is 1. The molecule has 0 spiro atoms. The molecule has 2 N–H and O–H groups in total. The fraction of sp³-hybridized carbons (Fsp3) is 0.250. The summed E-state index contributed by atoms with van der Waals surface area (Å²) in [5, 5.41) is 10.3. The van der Waals surface area contributed by atoms with Gasteiger partial charge in [0.2, 0.25) is 0 Å². The zero-order valence-corrected chi connectivity index (χ0v) is 13.1. The monoisotopic (exact) mass is 310 g/mol. The minimum absolute atomic E-state index is 0.176. The van der Waals surface area contributed by atoms with Crippen LogP contribution < -0.4 is 10.6 Å². The molecule has 0 fully saturated rings. The topological polar surface area (TPSA) is 84.2 Å². The first kappa shape index (κ1) is 15.0. The van der Waals surface area contributed by atoms with Crippen LogP contribution in [0.3, 0.4) is 0 Å². The van der Waals surface area contributed by atoms with Gasteiger partial charge in [-0.1, -0.05) is 0 Å². The van der Waals surface area contributed by atoms with Gasteiger partial charge in [0, 0.05) is 43.6 Å². The Bertz CT molecular complexity index is 841. The van der Waals surface area contributed by atoms with E-state index in [4.69, 9.17) is 0 Å². The van der Waals surface area contributed by atoms with Crippen LogP contribution in [0, 0.1) is 13.8 Å². The van der Waals surface area contributed by atoms with Gasteiger partial charge in [-0.2, -0.15) is 5.10 Å². The lowest BCUT2D eigenvalue weighted by Crippen LogP contribution is -2.28. The minimum atomic E-state index is -0.176. The van der Waals surface area contributed by atoms with Crippen LogP contribution in [0.15, 0.2) is 37.1 Å². The average Bonchev–Trinajstić information content (AvgIpc) is 2.96. The lowest BCUT2D eigenvalue weighted by Gasteiger charge is -2.09. The number of nitrogens with one attached hydrogen (secondary N) is 2. The second-order valence-corrected chi connectivity index (χ2v) is 5.33. The van der Waals surface area contributed by atoms with Crippen molar-refractivity contribution >= 4 is 17.2 Å². The van der Waals surface area contributed by atoms with E-state index < -0.39 is 0 Å². The molecule has 0 unspecified atom stereocenters. The van der Waals surface area contributed by atoms with Gasteiger partial charge in [0.15, 0.2) is 5.65 Å². The number of carbonyl (C=O) groups is 1. The fourth-order valence-corrected chi connectivity index (χ4v) is 2.27. The number of aromatic nitrogens is 4. The van der Waals surface area contributed by atoms with Gasteiger partial charge < -0.3 is 10.6 Å². The van der Waals surface area contributed by atoms with E-state index in [-0.39, 0.29) is 5.91 Å². The summed E-state index contributed by atoms with van der Waals surface area (Å²) in [6.45, 7) is 5.05. The molecule has 118 valence electrons. The van der Waals surface area contributed by atoms with Crippen molar-refractivity contribution in [3.05, 3.63) is 53.7 Å². The van der Waals surface area contributed by atoms with Gasteiger partial charge in [-0.05, 0) is 31.0 Å². The summed E-state index contributed by atoms with van der Waals surface area (Å²) in [4.78, 5) is 20.6. The van der Waals surface area contributed by atoms with Gasteiger partial charge in [-0.3, -0.25) is 9.78 Å². The number of amides is 1. The van der Waals surface area contributed by atoms with E-state index in [9.17, 15) is 4.79 Å². The van der Waals surface area contributed by atoms with Crippen LogP contribution in [0.4, 0.5) is 5.69 Å². The second-order valence-electron chi connectivity index (χ2n) is 5.33. The maximum Gasteiger partial charge on any atom is 0.256 e. The first-order valence-corrected chi connectivity index (χ1v) is 7.38. The molecule has 0 aliphatic heterocycles. The summed E-state index contributed by atoms with van der Waals surface area (Å²) in [5.41, 5.74) is 4.11. The van der Waals surface area contributed by atoms with Gasteiger partial charge in [0.05, 0.1) is 6.20 Å². The van der Waals surface area contributed by atoms with Crippen molar-refractivity contribution in [2.75, 3.05) is 18.4 Å². The Morgan fingerprint density at radius 3 is 2.91 bits per heavy atom. The zero-order valence-electron chi connectivity index (χ0n) is 13.1. The molecular weight excluding hydrogens is 292 g/mol. The Balaban J connectivity index is 1.58. The van der Waals surface area contributed by atoms with E-state index in [1.165, 1.54) is 6.20 Å². The number of aryl methyl sites for hydroxylation is 2. The number of hydrogen-bond donors (Lipinski definition) is 2. The number of hydrogen-bond acceptors (Lipinski definition) is 5. The predicted molar refractivity (Wildman–Crippen MR) is 87.5 cm³/mol. The number of fused-ring (bicyclic) bond motifs is 1. The molecular formula is C16H18N6O. The fourth-order valence-electron chi connectivity index (χ4n) is 2.27. The van der Waals surface area contributed by atoms with Gasteiger partial charge in [-0.25, -0.2) is 9.50 Å². The summed E-state index contributed by atoms with van der Waals surface area (Å²) >= 11 is 0. The van der Waals surface area contributed by atoms with E-state index >= 15 is 0 Å². The Morgan fingerprint density at radius 2 is 2.09 bits per heavy atom. The van der Waals surface area contributed by atoms with Gasteiger partial charge in [-0.15, -0.1) is 0 Å². The SMILES string of the molecule is Cc1cnc2c(C(=O)NCCNc3ccncc3C)cnn2c1. The summed E-state index contributed by atoms with van der Waals surface area (Å²) in [5.74, 6) is -0.176. The molecule has 3 rings (SSSR count). The maximum atomic E-state index is 12.2. The number of rotatable bonds is 5. The van der Waals surface area contributed by atoms with E-state index in [1.54, 1.807) is 23.1 Å². The smallest absolute Gasteiger partial charge is 0.256 e. The van der Waals surface area contributed by atoms with Crippen molar-refractivity contribution in [2.24, 2.45) is 0 Å². The number of nitrogens with zero attached hydrogens (tertiary/aromatic N) is 4. The Hall–Kier alpha value is -2.96. The Kier molecular flexibility index (Phi) is 4.18. The summed E-state index contributed by atoms with van der Waals surface area (Å²) in [6.07, 6.45) is 8.64. The van der Waals surface area contributed by atoms with Crippen LogP contribution in [-0.2, 0) is 0 Å². The van der Waals surface area contributed by atoms with Crippen LogP contribution in [0.2, 0.25) is 0 Å². The molecule has 0 aliphatic rings. The lowest BCUT2D eigenvalue weighted by atomic mass is 10.2. The van der Waals surface area contributed by atoms with E-state index in [1.807, 2.05) is 26.1 Å². The van der Waals surface area contributed by atoms with Crippen molar-refractivity contribution in [1.82, 2.24) is 24.9 Å². The van der Waals surface area contributed by atoms with Gasteiger partial charge >= 0.3 is 0 Å². The van der Waals surface area contributed by atoms with Gasteiger partial charge in [0.25, 0.3) is 5.91 Å². The van der Waals surface area contributed by atoms with Crippen molar-refractivity contribution < 1.29 is 4.79 Å². The third kappa shape index (κ3) is 3.28. The van der Waals surface area contributed by atoms with Crippen molar-refractivity contribution in [1.29, 1.82) is 0 Å². The highest BCUT2D eigenvalue weighted by Crippen LogP contribution is 2.11. The highest BCUT2D eigenvalue weighted by Gasteiger charge is 2.13. The summed E-state index contributed by atoms with van der Waals surface area (Å²) in [7, 11) is 0. The average molecular weight is 310 g/mol. The maximum absolute atomic E-state index is 12.2. The first-order chi connectivity index (χ1) is 11.1. The summed E-state index contributed by atoms with van der Waals surface area (Å²) in [6, 6.07) is 1.91. The van der Waals surface area contributed by atoms with Crippen LogP contribution in [0.25, 0.3) is 5.65 Å². The van der Waals surface area contributed by atoms with Crippen LogP contribution in [-0.4, -0.2) is 38.6 Å². The first-order valence-electron chi connectivity index (χ1n) is 7.38. The second kappa shape index (κ2) is 6.43. The van der Waals surface area contributed by atoms with Crippen molar-refractivity contribution in [3.8, 4) is 0 Å². The predicted octanol–water partition coefficient (Wildman–Crippen LogP) is 1.58. The standard InChI is InChI=1S/C16H18N6O/c1-11-7-20-15-13(9-21-22(15)10-11)16(23)19-6-5-18-14-3-4-17-8-12(14)2/h3-4,7-10H,5-6H2,1-2H3,(H,17,18)(H,19,23). The third-order valence-electron chi connectivity index (χ3n) is 3.48. The molecule has 0 aromatic carbocycles. The lowest BCUT2D eigenvalue weighted by molar-refractivity contribution is 0.0956. The van der Waals surface area contributed by atoms with Crippen LogP contribution >= 0.6 is 0 Å². The molecule has 3 aromatic rings. The Morgan fingerprint density at radius 1 is 1.22 bits per heavy atom. The minimum Gasteiger partial charge on any atom is -0.383 e. The molecule has 1 amide bonds. The molecule has 0 radical (unpaired) electrons. The van der Waals surface area contributed by atoms with E-state index in [0.717, 1.165) is 16.8 Å². The number of anilines is 1. The van der Waals surface area contributed by atoms with Crippen molar-refractivity contribution in [3.63, 3.8) is 0 Å². The normalized spacial score (nSPS) is 10.7. The number of carbonyl (C=O) groups excluding carboxylic acids is 1.